The van der Waals surface area contributed by atoms with Crippen molar-refractivity contribution in [2.45, 2.75) is 13.1 Å². The third kappa shape index (κ3) is 4.81. The molecule has 0 saturated heterocycles. The fraction of sp³-hybridized carbons (Fsp3) is 0.167. The second-order valence-electron chi connectivity index (χ2n) is 5.61. The Morgan fingerprint density at radius 3 is 2.52 bits per heavy atom. The molecule has 7 heteroatoms. The number of carbonyl (C=O) groups excluding carboxylic acids is 1. The van der Waals surface area contributed by atoms with Crippen LogP contribution in [-0.4, -0.2) is 20.8 Å². The highest BCUT2D eigenvalue weighted by Gasteiger charge is 2.05. The number of nitrogens with zero attached hydrogens (tertiary/aromatic N) is 3. The molecule has 0 bridgehead atoms. The van der Waals surface area contributed by atoms with Gasteiger partial charge >= 0.3 is 6.03 Å². The van der Waals surface area contributed by atoms with E-state index in [1.807, 2.05) is 37.5 Å². The van der Waals surface area contributed by atoms with Gasteiger partial charge in [0.25, 0.3) is 0 Å². The minimum Gasteiger partial charge on any atom is -0.334 e. The molecule has 0 fully saturated rings. The molecule has 2 aromatic heterocycles. The number of aryl methyl sites for hydroxylation is 1. The summed E-state index contributed by atoms with van der Waals surface area (Å²) in [5.41, 5.74) is 3.73. The Morgan fingerprint density at radius 2 is 1.84 bits per heavy atom. The van der Waals surface area contributed by atoms with Crippen LogP contribution in [0.1, 0.15) is 11.1 Å². The quantitative estimate of drug-likeness (QED) is 0.738. The van der Waals surface area contributed by atoms with Crippen LogP contribution in [0, 0.1) is 0 Å². The number of urea groups is 1. The van der Waals surface area contributed by atoms with E-state index >= 15 is 0 Å². The van der Waals surface area contributed by atoms with E-state index in [2.05, 4.69) is 20.7 Å². The lowest BCUT2D eigenvalue weighted by molar-refractivity contribution is 0.240. The first kappa shape index (κ1) is 17.0. The third-order valence-corrected chi connectivity index (χ3v) is 3.90. The number of amides is 2. The van der Waals surface area contributed by atoms with Gasteiger partial charge in [0, 0.05) is 43.1 Å². The summed E-state index contributed by atoms with van der Waals surface area (Å²) in [6, 6.07) is 10.9. The van der Waals surface area contributed by atoms with Crippen LogP contribution in [-0.2, 0) is 20.1 Å². The van der Waals surface area contributed by atoms with Gasteiger partial charge in [-0.1, -0.05) is 23.7 Å². The maximum Gasteiger partial charge on any atom is 0.315 e. The normalized spacial score (nSPS) is 10.5. The lowest BCUT2D eigenvalue weighted by Gasteiger charge is -2.08. The SMILES string of the molecule is Cn1cc(-c2cc(CNC(=O)NCc3ccc(Cl)cc3)ccn2)cn1. The van der Waals surface area contributed by atoms with Crippen LogP contribution in [0.3, 0.4) is 0 Å². The highest BCUT2D eigenvalue weighted by atomic mass is 35.5. The maximum absolute atomic E-state index is 11.9. The number of aromatic nitrogens is 3. The predicted octanol–water partition coefficient (Wildman–Crippen LogP) is 3.13. The van der Waals surface area contributed by atoms with Crippen molar-refractivity contribution in [3.05, 3.63) is 71.1 Å². The number of nitrogens with one attached hydrogen (secondary N) is 2. The van der Waals surface area contributed by atoms with Gasteiger partial charge in [0.15, 0.2) is 0 Å². The number of rotatable bonds is 5. The Hall–Kier alpha value is -2.86. The lowest BCUT2D eigenvalue weighted by atomic mass is 10.1. The average Bonchev–Trinajstić information content (AvgIpc) is 3.06. The zero-order valence-corrected chi connectivity index (χ0v) is 14.5. The van der Waals surface area contributed by atoms with Gasteiger partial charge < -0.3 is 10.6 Å². The van der Waals surface area contributed by atoms with Gasteiger partial charge in [-0.05, 0) is 35.4 Å². The maximum atomic E-state index is 11.9. The molecule has 2 heterocycles. The van der Waals surface area contributed by atoms with Gasteiger partial charge in [0.1, 0.15) is 0 Å². The third-order valence-electron chi connectivity index (χ3n) is 3.64. The molecule has 0 spiro atoms. The summed E-state index contributed by atoms with van der Waals surface area (Å²) in [4.78, 5) is 16.3. The summed E-state index contributed by atoms with van der Waals surface area (Å²) < 4.78 is 1.73. The number of hydrogen-bond acceptors (Lipinski definition) is 3. The minimum atomic E-state index is -0.227. The highest BCUT2D eigenvalue weighted by molar-refractivity contribution is 6.30. The summed E-state index contributed by atoms with van der Waals surface area (Å²) >= 11 is 5.84. The van der Waals surface area contributed by atoms with E-state index in [0.717, 1.165) is 22.4 Å². The van der Waals surface area contributed by atoms with Crippen molar-refractivity contribution in [3.63, 3.8) is 0 Å². The molecule has 25 heavy (non-hydrogen) atoms. The van der Waals surface area contributed by atoms with Crippen molar-refractivity contribution in [2.75, 3.05) is 0 Å². The number of hydrogen-bond donors (Lipinski definition) is 2. The number of halogens is 1. The van der Waals surface area contributed by atoms with Crippen molar-refractivity contribution in [3.8, 4) is 11.3 Å². The van der Waals surface area contributed by atoms with Crippen molar-refractivity contribution < 1.29 is 4.79 Å². The molecule has 1 aromatic carbocycles. The molecule has 0 aliphatic rings. The first-order valence-electron chi connectivity index (χ1n) is 7.80. The zero-order chi connectivity index (χ0) is 17.6. The summed E-state index contributed by atoms with van der Waals surface area (Å²) in [5.74, 6) is 0. The highest BCUT2D eigenvalue weighted by Crippen LogP contribution is 2.16. The molecule has 0 radical (unpaired) electrons. The molecule has 3 rings (SSSR count). The Bertz CT molecular complexity index is 860. The molecule has 128 valence electrons. The largest absolute Gasteiger partial charge is 0.334 e. The molecule has 0 aliphatic heterocycles. The van der Waals surface area contributed by atoms with Gasteiger partial charge in [0.05, 0.1) is 11.9 Å². The summed E-state index contributed by atoms with van der Waals surface area (Å²) in [5, 5.41) is 10.5. The Morgan fingerprint density at radius 1 is 1.12 bits per heavy atom. The van der Waals surface area contributed by atoms with Crippen molar-refractivity contribution in [2.24, 2.45) is 7.05 Å². The van der Waals surface area contributed by atoms with Crippen molar-refractivity contribution >= 4 is 17.6 Å². The Labute approximate surface area is 150 Å². The molecular formula is C18H18ClN5O. The standard InChI is InChI=1S/C18H18ClN5O/c1-24-12-15(11-23-24)17-8-14(6-7-20-17)10-22-18(25)21-9-13-2-4-16(19)5-3-13/h2-8,11-12H,9-10H2,1H3,(H2,21,22,25). The topological polar surface area (TPSA) is 71.8 Å². The summed E-state index contributed by atoms with van der Waals surface area (Å²) in [6.07, 6.45) is 5.39. The van der Waals surface area contributed by atoms with Crippen LogP contribution < -0.4 is 10.6 Å². The zero-order valence-electron chi connectivity index (χ0n) is 13.7. The molecule has 0 atom stereocenters. The van der Waals surface area contributed by atoms with Crippen LogP contribution in [0.25, 0.3) is 11.3 Å². The van der Waals surface area contributed by atoms with E-state index in [1.54, 1.807) is 29.2 Å². The van der Waals surface area contributed by atoms with Crippen LogP contribution in [0.5, 0.6) is 0 Å². The molecule has 2 N–H and O–H groups in total. The lowest BCUT2D eigenvalue weighted by Crippen LogP contribution is -2.34. The van der Waals surface area contributed by atoms with Crippen molar-refractivity contribution in [1.82, 2.24) is 25.4 Å². The van der Waals surface area contributed by atoms with Crippen LogP contribution in [0.2, 0.25) is 5.02 Å². The summed E-state index contributed by atoms with van der Waals surface area (Å²) in [6.45, 7) is 0.864. The first-order chi connectivity index (χ1) is 12.1. The van der Waals surface area contributed by atoms with Gasteiger partial charge in [-0.3, -0.25) is 9.67 Å². The summed E-state index contributed by atoms with van der Waals surface area (Å²) in [7, 11) is 1.86. The second kappa shape index (κ2) is 7.81. The number of carbonyl (C=O) groups is 1. The molecule has 0 aliphatic carbocycles. The van der Waals surface area contributed by atoms with Gasteiger partial charge in [0.2, 0.25) is 0 Å². The number of pyridine rings is 1. The van der Waals surface area contributed by atoms with E-state index < -0.39 is 0 Å². The monoisotopic (exact) mass is 355 g/mol. The van der Waals surface area contributed by atoms with E-state index in [0.29, 0.717) is 18.1 Å². The minimum absolute atomic E-state index is 0.227. The smallest absolute Gasteiger partial charge is 0.315 e. The van der Waals surface area contributed by atoms with Crippen LogP contribution in [0.4, 0.5) is 4.79 Å². The van der Waals surface area contributed by atoms with E-state index in [-0.39, 0.29) is 6.03 Å². The number of benzene rings is 1. The molecule has 6 nitrogen and oxygen atoms in total. The van der Waals surface area contributed by atoms with E-state index in [9.17, 15) is 4.79 Å². The predicted molar refractivity (Wildman–Crippen MR) is 97.0 cm³/mol. The molecule has 2 amide bonds. The second-order valence-corrected chi connectivity index (χ2v) is 6.05. The van der Waals surface area contributed by atoms with Gasteiger partial charge in [-0.2, -0.15) is 5.10 Å². The molecule has 0 unspecified atom stereocenters. The van der Waals surface area contributed by atoms with Gasteiger partial charge in [-0.25, -0.2) is 4.79 Å². The molecule has 0 saturated carbocycles. The van der Waals surface area contributed by atoms with Crippen LogP contribution >= 0.6 is 11.6 Å². The van der Waals surface area contributed by atoms with Gasteiger partial charge in [-0.15, -0.1) is 0 Å². The average molecular weight is 356 g/mol. The Kier molecular flexibility index (Phi) is 5.30. The van der Waals surface area contributed by atoms with Crippen LogP contribution in [0.15, 0.2) is 55.0 Å². The van der Waals surface area contributed by atoms with E-state index in [1.165, 1.54) is 0 Å². The fourth-order valence-corrected chi connectivity index (χ4v) is 2.45. The molecular weight excluding hydrogens is 338 g/mol. The fourth-order valence-electron chi connectivity index (χ4n) is 2.33. The molecule has 3 aromatic rings. The Balaban J connectivity index is 1.52. The van der Waals surface area contributed by atoms with Crippen molar-refractivity contribution in [1.29, 1.82) is 0 Å². The first-order valence-corrected chi connectivity index (χ1v) is 8.18. The van der Waals surface area contributed by atoms with E-state index in [4.69, 9.17) is 11.6 Å².